The predicted molar refractivity (Wildman–Crippen MR) is 107 cm³/mol. The second-order valence-corrected chi connectivity index (χ2v) is 8.57. The lowest BCUT2D eigenvalue weighted by Crippen LogP contribution is -2.42. The smallest absolute Gasteiger partial charge is 0.110 e. The molecule has 1 aliphatic heterocycles. The quantitative estimate of drug-likeness (QED) is 0.777. The Morgan fingerprint density at radius 2 is 2.19 bits per heavy atom. The average molecular weight is 361 g/mol. The van der Waals surface area contributed by atoms with Gasteiger partial charge in [0.15, 0.2) is 0 Å². The SMILES string of the molecule is C=C(NC1CCCNC1)c1ccc(C#N)c2[nH]c(C3CC4CCC3C4)nc12. The minimum absolute atomic E-state index is 0.404. The van der Waals surface area contributed by atoms with Gasteiger partial charge in [0.25, 0.3) is 0 Å². The molecule has 2 heterocycles. The highest BCUT2D eigenvalue weighted by Gasteiger charge is 2.41. The fourth-order valence-electron chi connectivity index (χ4n) is 5.50. The Labute approximate surface area is 160 Å². The van der Waals surface area contributed by atoms with Crippen LogP contribution < -0.4 is 10.6 Å². The van der Waals surface area contributed by atoms with Gasteiger partial charge in [0.2, 0.25) is 0 Å². The first-order valence-electron chi connectivity index (χ1n) is 10.3. The molecule has 3 fully saturated rings. The molecule has 2 saturated carbocycles. The van der Waals surface area contributed by atoms with Crippen LogP contribution in [0.25, 0.3) is 16.7 Å². The van der Waals surface area contributed by atoms with E-state index in [0.29, 0.717) is 17.5 Å². The summed E-state index contributed by atoms with van der Waals surface area (Å²) in [6.07, 6.45) is 7.64. The number of hydrogen-bond acceptors (Lipinski definition) is 4. The number of imidazole rings is 1. The number of aromatic nitrogens is 2. The van der Waals surface area contributed by atoms with E-state index in [-0.39, 0.29) is 0 Å². The second-order valence-electron chi connectivity index (χ2n) is 8.57. The maximum Gasteiger partial charge on any atom is 0.110 e. The molecule has 1 aromatic carbocycles. The normalized spacial score (nSPS) is 29.7. The Kier molecular flexibility index (Phi) is 4.17. The van der Waals surface area contributed by atoms with Crippen molar-refractivity contribution in [3.05, 3.63) is 35.7 Å². The maximum absolute atomic E-state index is 9.56. The van der Waals surface area contributed by atoms with E-state index in [4.69, 9.17) is 4.98 Å². The molecule has 3 aliphatic rings. The molecule has 0 amide bonds. The van der Waals surface area contributed by atoms with Crippen molar-refractivity contribution < 1.29 is 0 Å². The van der Waals surface area contributed by atoms with Crippen LogP contribution in [-0.2, 0) is 0 Å². The predicted octanol–water partition coefficient (Wildman–Crippen LogP) is 3.65. The van der Waals surface area contributed by atoms with Gasteiger partial charge in [-0.2, -0.15) is 5.26 Å². The van der Waals surface area contributed by atoms with Gasteiger partial charge in [0.05, 0.1) is 16.6 Å². The van der Waals surface area contributed by atoms with E-state index in [9.17, 15) is 5.26 Å². The Morgan fingerprint density at radius 3 is 2.89 bits per heavy atom. The molecule has 27 heavy (non-hydrogen) atoms. The second kappa shape index (κ2) is 6.69. The van der Waals surface area contributed by atoms with Gasteiger partial charge < -0.3 is 15.6 Å². The highest BCUT2D eigenvalue weighted by Crippen LogP contribution is 2.52. The molecule has 0 spiro atoms. The molecule has 1 aromatic heterocycles. The van der Waals surface area contributed by atoms with Crippen molar-refractivity contribution in [1.82, 2.24) is 20.6 Å². The molecule has 2 bridgehead atoms. The van der Waals surface area contributed by atoms with Crippen molar-refractivity contribution in [2.45, 2.75) is 50.5 Å². The summed E-state index contributed by atoms with van der Waals surface area (Å²) in [4.78, 5) is 8.54. The van der Waals surface area contributed by atoms with E-state index in [1.54, 1.807) is 0 Å². The number of benzene rings is 1. The Hall–Kier alpha value is -2.32. The van der Waals surface area contributed by atoms with Gasteiger partial charge in [-0.25, -0.2) is 4.98 Å². The molecule has 4 atom stereocenters. The number of nitriles is 1. The number of piperidine rings is 1. The lowest BCUT2D eigenvalue weighted by molar-refractivity contribution is 0.408. The molecule has 2 aromatic rings. The molecule has 0 radical (unpaired) electrons. The molecular formula is C22H27N5. The van der Waals surface area contributed by atoms with E-state index in [0.717, 1.165) is 59.5 Å². The fourth-order valence-corrected chi connectivity index (χ4v) is 5.50. The fraction of sp³-hybridized carbons (Fsp3) is 0.545. The van der Waals surface area contributed by atoms with Gasteiger partial charge >= 0.3 is 0 Å². The van der Waals surface area contributed by atoms with Crippen LogP contribution in [0.15, 0.2) is 18.7 Å². The summed E-state index contributed by atoms with van der Waals surface area (Å²) < 4.78 is 0. The monoisotopic (exact) mass is 361 g/mol. The van der Waals surface area contributed by atoms with Crippen LogP contribution >= 0.6 is 0 Å². The minimum atomic E-state index is 0.404. The zero-order valence-electron chi connectivity index (χ0n) is 15.7. The molecule has 140 valence electrons. The van der Waals surface area contributed by atoms with Gasteiger partial charge in [0, 0.05) is 29.8 Å². The van der Waals surface area contributed by atoms with Crippen molar-refractivity contribution in [2.75, 3.05) is 13.1 Å². The zero-order valence-corrected chi connectivity index (χ0v) is 15.7. The third-order valence-electron chi connectivity index (χ3n) is 6.87. The summed E-state index contributed by atoms with van der Waals surface area (Å²) in [6.45, 7) is 6.36. The summed E-state index contributed by atoms with van der Waals surface area (Å²) in [5.74, 6) is 3.24. The van der Waals surface area contributed by atoms with Crippen molar-refractivity contribution in [3.8, 4) is 6.07 Å². The van der Waals surface area contributed by atoms with Crippen molar-refractivity contribution in [2.24, 2.45) is 11.8 Å². The third kappa shape index (κ3) is 2.93. The average Bonchev–Trinajstić information content (AvgIpc) is 3.42. The van der Waals surface area contributed by atoms with Crippen LogP contribution in [0, 0.1) is 23.2 Å². The highest BCUT2D eigenvalue weighted by atomic mass is 15.0. The van der Waals surface area contributed by atoms with Crippen LogP contribution in [-0.4, -0.2) is 29.1 Å². The number of nitrogens with zero attached hydrogens (tertiary/aromatic N) is 2. The number of hydrogen-bond donors (Lipinski definition) is 3. The third-order valence-corrected chi connectivity index (χ3v) is 6.87. The number of aromatic amines is 1. The number of rotatable bonds is 4. The van der Waals surface area contributed by atoms with Gasteiger partial charge in [-0.1, -0.05) is 13.0 Å². The molecule has 5 rings (SSSR count). The van der Waals surface area contributed by atoms with Crippen molar-refractivity contribution in [3.63, 3.8) is 0 Å². The topological polar surface area (TPSA) is 76.5 Å². The lowest BCUT2D eigenvalue weighted by Gasteiger charge is -2.26. The summed E-state index contributed by atoms with van der Waals surface area (Å²) in [6, 6.07) is 6.62. The molecule has 4 unspecified atom stereocenters. The van der Waals surface area contributed by atoms with E-state index in [1.807, 2.05) is 12.1 Å². The van der Waals surface area contributed by atoms with Crippen LogP contribution in [0.5, 0.6) is 0 Å². The lowest BCUT2D eigenvalue weighted by atomic mass is 9.88. The maximum atomic E-state index is 9.56. The number of fused-ring (bicyclic) bond motifs is 3. The van der Waals surface area contributed by atoms with Crippen LogP contribution in [0.4, 0.5) is 0 Å². The molecule has 1 saturated heterocycles. The summed E-state index contributed by atoms with van der Waals surface area (Å²) in [7, 11) is 0. The van der Waals surface area contributed by atoms with Gasteiger partial charge in [0.1, 0.15) is 11.9 Å². The van der Waals surface area contributed by atoms with Gasteiger partial charge in [-0.3, -0.25) is 0 Å². The van der Waals surface area contributed by atoms with Crippen molar-refractivity contribution >= 4 is 16.7 Å². The van der Waals surface area contributed by atoms with E-state index < -0.39 is 0 Å². The molecule has 2 aliphatic carbocycles. The first-order chi connectivity index (χ1) is 13.2. The largest absolute Gasteiger partial charge is 0.381 e. The molecule has 5 heteroatoms. The first-order valence-corrected chi connectivity index (χ1v) is 10.3. The zero-order chi connectivity index (χ0) is 18.4. The Balaban J connectivity index is 1.49. The van der Waals surface area contributed by atoms with Crippen LogP contribution in [0.3, 0.4) is 0 Å². The van der Waals surface area contributed by atoms with E-state index in [2.05, 4.69) is 28.3 Å². The minimum Gasteiger partial charge on any atom is -0.381 e. The Morgan fingerprint density at radius 1 is 1.26 bits per heavy atom. The summed E-state index contributed by atoms with van der Waals surface area (Å²) in [5.41, 5.74) is 4.36. The van der Waals surface area contributed by atoms with Crippen LogP contribution in [0.1, 0.15) is 61.4 Å². The van der Waals surface area contributed by atoms with Crippen molar-refractivity contribution in [1.29, 1.82) is 5.26 Å². The van der Waals surface area contributed by atoms with Crippen LogP contribution in [0.2, 0.25) is 0 Å². The molecular weight excluding hydrogens is 334 g/mol. The summed E-state index contributed by atoms with van der Waals surface area (Å²) >= 11 is 0. The first kappa shape index (κ1) is 16.8. The number of nitrogens with one attached hydrogen (secondary N) is 3. The van der Waals surface area contributed by atoms with E-state index in [1.165, 1.54) is 32.1 Å². The van der Waals surface area contributed by atoms with Gasteiger partial charge in [-0.05, 0) is 62.6 Å². The number of H-pyrrole nitrogens is 1. The van der Waals surface area contributed by atoms with E-state index >= 15 is 0 Å². The Bertz CT molecular complexity index is 915. The summed E-state index contributed by atoms with van der Waals surface area (Å²) in [5, 5.41) is 16.6. The molecule has 3 N–H and O–H groups in total. The van der Waals surface area contributed by atoms with Gasteiger partial charge in [-0.15, -0.1) is 0 Å². The standard InChI is InChI=1S/C22H27N5/c1-13(25-17-3-2-8-24-12-17)18-7-6-16(11-23)20-21(18)27-22(26-20)19-10-14-4-5-15(19)9-14/h6-7,14-15,17,19,24-25H,1-5,8-10,12H2,(H,26,27). The highest BCUT2D eigenvalue weighted by molar-refractivity contribution is 5.92. The molecule has 5 nitrogen and oxygen atoms in total.